The van der Waals surface area contributed by atoms with Gasteiger partial charge in [0.25, 0.3) is 5.56 Å². The van der Waals surface area contributed by atoms with Crippen molar-refractivity contribution in [2.75, 3.05) is 32.7 Å². The number of aromatic nitrogens is 3. The molecule has 1 aliphatic rings. The van der Waals surface area contributed by atoms with Gasteiger partial charge in [0.05, 0.1) is 6.20 Å². The molecule has 3 aromatic rings. The lowest BCUT2D eigenvalue weighted by Gasteiger charge is -2.34. The van der Waals surface area contributed by atoms with E-state index in [9.17, 15) is 9.59 Å². The quantitative estimate of drug-likeness (QED) is 0.774. The molecule has 3 heterocycles. The first-order chi connectivity index (χ1) is 12.2. The number of likely N-dealkylation sites (N-methyl/N-ethyl adjacent to an activating group) is 1. The van der Waals surface area contributed by atoms with Crippen LogP contribution in [0.25, 0.3) is 21.8 Å². The number of aromatic amines is 1. The van der Waals surface area contributed by atoms with Crippen LogP contribution in [0.3, 0.4) is 0 Å². The third-order valence-corrected chi connectivity index (χ3v) is 4.98. The zero-order chi connectivity index (χ0) is 17.4. The lowest BCUT2D eigenvalue weighted by atomic mass is 10.2. The largest absolute Gasteiger partial charge is 0.350 e. The molecule has 1 aliphatic heterocycles. The van der Waals surface area contributed by atoms with Crippen LogP contribution in [-0.4, -0.2) is 63.2 Å². The number of piperazine rings is 1. The zero-order valence-electron chi connectivity index (χ0n) is 14.2. The summed E-state index contributed by atoms with van der Waals surface area (Å²) in [4.78, 5) is 32.5. The van der Waals surface area contributed by atoms with E-state index in [-0.39, 0.29) is 18.0 Å². The fourth-order valence-corrected chi connectivity index (χ4v) is 3.43. The number of rotatable bonds is 3. The molecular formula is C18H21N5O2. The summed E-state index contributed by atoms with van der Waals surface area (Å²) in [5.41, 5.74) is 1.14. The molecule has 1 saturated heterocycles. The number of H-pyrrole nitrogens is 1. The zero-order valence-corrected chi connectivity index (χ0v) is 14.2. The van der Waals surface area contributed by atoms with Gasteiger partial charge in [0.15, 0.2) is 0 Å². The van der Waals surface area contributed by atoms with Crippen molar-refractivity contribution in [3.63, 3.8) is 0 Å². The Balaban J connectivity index is 1.59. The molecule has 0 atom stereocenters. The van der Waals surface area contributed by atoms with Crippen molar-refractivity contribution in [3.05, 3.63) is 40.8 Å². The Labute approximate surface area is 144 Å². The third-order valence-electron chi connectivity index (χ3n) is 4.98. The number of carbonyl (C=O) groups excluding carboxylic acids is 1. The highest BCUT2D eigenvalue weighted by atomic mass is 16.2. The monoisotopic (exact) mass is 339 g/mol. The highest BCUT2D eigenvalue weighted by Gasteiger charge is 2.21. The molecule has 130 valence electrons. The summed E-state index contributed by atoms with van der Waals surface area (Å²) in [6, 6.07) is 7.74. The first kappa shape index (κ1) is 15.8. The molecule has 4 rings (SSSR count). The van der Waals surface area contributed by atoms with Crippen LogP contribution in [0.1, 0.15) is 6.92 Å². The summed E-state index contributed by atoms with van der Waals surface area (Å²) in [6.07, 6.45) is 1.66. The minimum Gasteiger partial charge on any atom is -0.350 e. The van der Waals surface area contributed by atoms with Gasteiger partial charge in [-0.25, -0.2) is 4.68 Å². The molecule has 1 aromatic carbocycles. The van der Waals surface area contributed by atoms with E-state index >= 15 is 0 Å². The van der Waals surface area contributed by atoms with E-state index in [1.54, 1.807) is 6.20 Å². The normalized spacial score (nSPS) is 16.0. The van der Waals surface area contributed by atoms with Gasteiger partial charge in [0.2, 0.25) is 5.91 Å². The number of para-hydroxylation sites is 1. The van der Waals surface area contributed by atoms with Gasteiger partial charge in [-0.2, -0.15) is 5.10 Å². The molecule has 0 bridgehead atoms. The molecule has 1 fully saturated rings. The van der Waals surface area contributed by atoms with Crippen LogP contribution in [0.5, 0.6) is 0 Å². The number of nitrogens with one attached hydrogen (secondary N) is 1. The van der Waals surface area contributed by atoms with Gasteiger partial charge in [-0.05, 0) is 12.6 Å². The molecule has 7 nitrogen and oxygen atoms in total. The molecule has 7 heteroatoms. The van der Waals surface area contributed by atoms with Crippen LogP contribution in [0.15, 0.2) is 35.3 Å². The van der Waals surface area contributed by atoms with Gasteiger partial charge in [0.1, 0.15) is 12.1 Å². The first-order valence-electron chi connectivity index (χ1n) is 8.64. The van der Waals surface area contributed by atoms with Gasteiger partial charge in [0, 0.05) is 42.5 Å². The second-order valence-electron chi connectivity index (χ2n) is 6.38. The molecule has 0 aliphatic carbocycles. The first-order valence-corrected chi connectivity index (χ1v) is 8.64. The lowest BCUT2D eigenvalue weighted by Crippen LogP contribution is -2.49. The van der Waals surface area contributed by atoms with Gasteiger partial charge in [-0.3, -0.25) is 9.59 Å². The Bertz CT molecular complexity index is 982. The van der Waals surface area contributed by atoms with Crippen LogP contribution in [0, 0.1) is 0 Å². The Morgan fingerprint density at radius 3 is 2.68 bits per heavy atom. The molecule has 1 N–H and O–H groups in total. The van der Waals surface area contributed by atoms with Crippen molar-refractivity contribution in [1.82, 2.24) is 24.6 Å². The molecule has 1 amide bonds. The van der Waals surface area contributed by atoms with Crippen molar-refractivity contribution >= 4 is 27.7 Å². The molecule has 2 aromatic heterocycles. The summed E-state index contributed by atoms with van der Waals surface area (Å²) in [5.74, 6) is -0.0548. The standard InChI is InChI=1S/C18H21N5O2/c1-2-21-7-9-22(10-8-21)16(24)12-23-18(25)17-14(11-19-23)13-5-3-4-6-15(13)20-17/h3-6,11,20H,2,7-10,12H2,1H3. The van der Waals surface area contributed by atoms with Crippen LogP contribution in [-0.2, 0) is 11.3 Å². The van der Waals surface area contributed by atoms with Crippen molar-refractivity contribution in [2.24, 2.45) is 0 Å². The minimum atomic E-state index is -0.255. The van der Waals surface area contributed by atoms with E-state index in [2.05, 4.69) is 21.9 Å². The Hall–Kier alpha value is -2.67. The highest BCUT2D eigenvalue weighted by molar-refractivity contribution is 6.06. The van der Waals surface area contributed by atoms with E-state index in [1.165, 1.54) is 4.68 Å². The van der Waals surface area contributed by atoms with Crippen LogP contribution in [0.2, 0.25) is 0 Å². The van der Waals surface area contributed by atoms with Crippen LogP contribution < -0.4 is 5.56 Å². The average molecular weight is 339 g/mol. The van der Waals surface area contributed by atoms with Crippen molar-refractivity contribution in [1.29, 1.82) is 0 Å². The van der Waals surface area contributed by atoms with Gasteiger partial charge >= 0.3 is 0 Å². The van der Waals surface area contributed by atoms with Crippen LogP contribution >= 0.6 is 0 Å². The van der Waals surface area contributed by atoms with Gasteiger partial charge in [-0.15, -0.1) is 0 Å². The summed E-state index contributed by atoms with van der Waals surface area (Å²) in [5, 5.41) is 5.98. The Morgan fingerprint density at radius 2 is 1.92 bits per heavy atom. The molecule has 0 spiro atoms. The summed E-state index contributed by atoms with van der Waals surface area (Å²) in [7, 11) is 0. The smallest absolute Gasteiger partial charge is 0.291 e. The van der Waals surface area contributed by atoms with Crippen molar-refractivity contribution < 1.29 is 4.79 Å². The SMILES string of the molecule is CCN1CCN(C(=O)Cn2ncc3c([nH]c4ccccc43)c2=O)CC1. The fourth-order valence-electron chi connectivity index (χ4n) is 3.43. The molecule has 0 radical (unpaired) electrons. The second-order valence-corrected chi connectivity index (χ2v) is 6.38. The van der Waals surface area contributed by atoms with E-state index in [4.69, 9.17) is 0 Å². The van der Waals surface area contributed by atoms with E-state index in [0.29, 0.717) is 18.6 Å². The van der Waals surface area contributed by atoms with Gasteiger partial charge in [-0.1, -0.05) is 25.1 Å². The number of hydrogen-bond donors (Lipinski definition) is 1. The third kappa shape index (κ3) is 2.80. The maximum atomic E-state index is 12.7. The van der Waals surface area contributed by atoms with E-state index in [1.807, 2.05) is 29.2 Å². The maximum absolute atomic E-state index is 12.7. The molecule has 25 heavy (non-hydrogen) atoms. The van der Waals surface area contributed by atoms with E-state index in [0.717, 1.165) is 35.9 Å². The highest BCUT2D eigenvalue weighted by Crippen LogP contribution is 2.21. The molecule has 0 saturated carbocycles. The van der Waals surface area contributed by atoms with Crippen LogP contribution in [0.4, 0.5) is 0 Å². The van der Waals surface area contributed by atoms with Crippen molar-refractivity contribution in [3.8, 4) is 0 Å². The number of nitrogens with zero attached hydrogens (tertiary/aromatic N) is 4. The number of benzene rings is 1. The van der Waals surface area contributed by atoms with E-state index < -0.39 is 0 Å². The molecular weight excluding hydrogens is 318 g/mol. The van der Waals surface area contributed by atoms with Gasteiger partial charge < -0.3 is 14.8 Å². The maximum Gasteiger partial charge on any atom is 0.291 e. The number of amides is 1. The minimum absolute atomic E-state index is 0.0176. The average Bonchev–Trinajstić information content (AvgIpc) is 3.03. The summed E-state index contributed by atoms with van der Waals surface area (Å²) in [6.45, 7) is 6.27. The number of fused-ring (bicyclic) bond motifs is 3. The lowest BCUT2D eigenvalue weighted by molar-refractivity contribution is -0.133. The Morgan fingerprint density at radius 1 is 1.16 bits per heavy atom. The predicted octanol–water partition coefficient (Wildman–Crippen LogP) is 1.04. The fraction of sp³-hybridized carbons (Fsp3) is 0.389. The van der Waals surface area contributed by atoms with Crippen molar-refractivity contribution in [2.45, 2.75) is 13.5 Å². The summed E-state index contributed by atoms with van der Waals surface area (Å²) < 4.78 is 1.26. The predicted molar refractivity (Wildman–Crippen MR) is 96.6 cm³/mol. The number of carbonyl (C=O) groups is 1. The topological polar surface area (TPSA) is 74.2 Å². The number of hydrogen-bond acceptors (Lipinski definition) is 4. The second kappa shape index (κ2) is 6.33. The Kier molecular flexibility index (Phi) is 4.01. The summed E-state index contributed by atoms with van der Waals surface area (Å²) >= 11 is 0. The molecule has 0 unspecified atom stereocenters.